The Hall–Kier alpha value is -1.95. The number of carbonyl (C=O) groups excluding carboxylic acids is 1. The van der Waals surface area contributed by atoms with Gasteiger partial charge in [-0.15, -0.1) is 6.58 Å². The molecular weight excluding hydrogens is 266 g/mol. The fourth-order valence-corrected chi connectivity index (χ4v) is 2.35. The van der Waals surface area contributed by atoms with Crippen LogP contribution in [-0.2, 0) is 0 Å². The van der Waals surface area contributed by atoms with Crippen LogP contribution in [0, 0.1) is 6.92 Å². The highest BCUT2D eigenvalue weighted by Crippen LogP contribution is 2.10. The average Bonchev–Trinajstić information content (AvgIpc) is 2.51. The molecule has 1 fully saturated rings. The SMILES string of the molecule is C=CCNc1nc(C)cc(C(=O)N2CCN(CC)CC2)n1. The molecule has 2 heterocycles. The van der Waals surface area contributed by atoms with E-state index in [2.05, 4.69) is 33.7 Å². The van der Waals surface area contributed by atoms with Crippen LogP contribution in [0.1, 0.15) is 23.1 Å². The van der Waals surface area contributed by atoms with Crippen molar-refractivity contribution in [2.75, 3.05) is 44.6 Å². The van der Waals surface area contributed by atoms with E-state index in [-0.39, 0.29) is 5.91 Å². The van der Waals surface area contributed by atoms with Crippen LogP contribution in [-0.4, -0.2) is 64.9 Å². The second-order valence-electron chi connectivity index (χ2n) is 5.11. The summed E-state index contributed by atoms with van der Waals surface area (Å²) in [5.41, 5.74) is 1.24. The highest BCUT2D eigenvalue weighted by atomic mass is 16.2. The Kier molecular flexibility index (Phi) is 5.27. The van der Waals surface area contributed by atoms with Crippen molar-refractivity contribution < 1.29 is 4.79 Å². The maximum atomic E-state index is 12.5. The summed E-state index contributed by atoms with van der Waals surface area (Å²) >= 11 is 0. The molecule has 1 aromatic rings. The smallest absolute Gasteiger partial charge is 0.272 e. The molecular formula is C15H23N5O. The summed E-state index contributed by atoms with van der Waals surface area (Å²) in [5.74, 6) is 0.461. The van der Waals surface area contributed by atoms with Gasteiger partial charge in [-0.3, -0.25) is 4.79 Å². The first-order chi connectivity index (χ1) is 10.1. The number of hydrogen-bond donors (Lipinski definition) is 1. The molecule has 21 heavy (non-hydrogen) atoms. The van der Waals surface area contributed by atoms with Gasteiger partial charge in [0, 0.05) is 38.4 Å². The van der Waals surface area contributed by atoms with Gasteiger partial charge in [-0.25, -0.2) is 9.97 Å². The lowest BCUT2D eigenvalue weighted by atomic mass is 10.2. The number of hydrogen-bond acceptors (Lipinski definition) is 5. The Morgan fingerprint density at radius 2 is 2.10 bits per heavy atom. The van der Waals surface area contributed by atoms with Gasteiger partial charge in [0.25, 0.3) is 5.91 Å². The molecule has 0 unspecified atom stereocenters. The number of aromatic nitrogens is 2. The van der Waals surface area contributed by atoms with Crippen LogP contribution < -0.4 is 5.32 Å². The first-order valence-electron chi connectivity index (χ1n) is 7.36. The molecule has 6 heteroatoms. The van der Waals surface area contributed by atoms with Gasteiger partial charge in [0.2, 0.25) is 5.95 Å². The molecule has 1 amide bonds. The predicted molar refractivity (Wildman–Crippen MR) is 83.5 cm³/mol. The van der Waals surface area contributed by atoms with E-state index in [1.165, 1.54) is 0 Å². The third-order valence-electron chi connectivity index (χ3n) is 3.58. The van der Waals surface area contributed by atoms with Crippen molar-refractivity contribution in [1.29, 1.82) is 0 Å². The molecule has 1 aromatic heterocycles. The van der Waals surface area contributed by atoms with Gasteiger partial charge in [-0.2, -0.15) is 0 Å². The van der Waals surface area contributed by atoms with Crippen molar-refractivity contribution in [2.45, 2.75) is 13.8 Å². The Bertz CT molecular complexity index is 509. The molecule has 1 N–H and O–H groups in total. The number of rotatable bonds is 5. The molecule has 1 aliphatic heterocycles. The zero-order chi connectivity index (χ0) is 15.2. The summed E-state index contributed by atoms with van der Waals surface area (Å²) < 4.78 is 0. The molecule has 1 aliphatic rings. The number of anilines is 1. The molecule has 6 nitrogen and oxygen atoms in total. The van der Waals surface area contributed by atoms with Crippen LogP contribution >= 0.6 is 0 Å². The van der Waals surface area contributed by atoms with E-state index in [1.807, 2.05) is 11.8 Å². The number of carbonyl (C=O) groups is 1. The number of amides is 1. The quantitative estimate of drug-likeness (QED) is 0.824. The molecule has 0 aliphatic carbocycles. The largest absolute Gasteiger partial charge is 0.351 e. The van der Waals surface area contributed by atoms with E-state index < -0.39 is 0 Å². The van der Waals surface area contributed by atoms with E-state index in [9.17, 15) is 4.79 Å². The van der Waals surface area contributed by atoms with Crippen molar-refractivity contribution in [3.8, 4) is 0 Å². The monoisotopic (exact) mass is 289 g/mol. The topological polar surface area (TPSA) is 61.4 Å². The van der Waals surface area contributed by atoms with Crippen molar-refractivity contribution in [2.24, 2.45) is 0 Å². The molecule has 0 radical (unpaired) electrons. The number of likely N-dealkylation sites (N-methyl/N-ethyl adjacent to an activating group) is 1. The van der Waals surface area contributed by atoms with Gasteiger partial charge in [-0.1, -0.05) is 13.0 Å². The fraction of sp³-hybridized carbons (Fsp3) is 0.533. The highest BCUT2D eigenvalue weighted by molar-refractivity contribution is 5.92. The van der Waals surface area contributed by atoms with Crippen molar-refractivity contribution in [1.82, 2.24) is 19.8 Å². The molecule has 114 valence electrons. The lowest BCUT2D eigenvalue weighted by Gasteiger charge is -2.33. The minimum Gasteiger partial charge on any atom is -0.351 e. The van der Waals surface area contributed by atoms with Crippen molar-refractivity contribution >= 4 is 11.9 Å². The summed E-state index contributed by atoms with van der Waals surface area (Å²) in [7, 11) is 0. The van der Waals surface area contributed by atoms with Gasteiger partial charge >= 0.3 is 0 Å². The molecule has 0 aromatic carbocycles. The van der Waals surface area contributed by atoms with Crippen LogP contribution in [0.4, 0.5) is 5.95 Å². The lowest BCUT2D eigenvalue weighted by Crippen LogP contribution is -2.48. The van der Waals surface area contributed by atoms with Crippen LogP contribution in [0.5, 0.6) is 0 Å². The molecule has 1 saturated heterocycles. The third kappa shape index (κ3) is 4.01. The lowest BCUT2D eigenvalue weighted by molar-refractivity contribution is 0.0637. The Balaban J connectivity index is 2.08. The molecule has 0 saturated carbocycles. The molecule has 2 rings (SSSR count). The summed E-state index contributed by atoms with van der Waals surface area (Å²) in [6, 6.07) is 1.74. The number of nitrogens with zero attached hydrogens (tertiary/aromatic N) is 4. The molecule has 0 atom stereocenters. The summed E-state index contributed by atoms with van der Waals surface area (Å²) in [6.45, 7) is 12.6. The molecule has 0 bridgehead atoms. The standard InChI is InChI=1S/C15H23N5O/c1-4-6-16-15-17-12(3)11-13(18-15)14(21)20-9-7-19(5-2)8-10-20/h4,11H,1,5-10H2,2-3H3,(H,16,17,18). The zero-order valence-corrected chi connectivity index (χ0v) is 12.8. The summed E-state index contributed by atoms with van der Waals surface area (Å²) in [5, 5.41) is 3.03. The normalized spacial score (nSPS) is 15.8. The summed E-state index contributed by atoms with van der Waals surface area (Å²) in [4.78, 5) is 25.3. The van der Waals surface area contributed by atoms with Crippen LogP contribution in [0.2, 0.25) is 0 Å². The first kappa shape index (κ1) is 15.4. The minimum atomic E-state index is -0.0158. The second kappa shape index (κ2) is 7.17. The zero-order valence-electron chi connectivity index (χ0n) is 12.8. The Morgan fingerprint density at radius 3 is 2.71 bits per heavy atom. The van der Waals surface area contributed by atoms with E-state index >= 15 is 0 Å². The number of nitrogens with one attached hydrogen (secondary N) is 1. The van der Waals surface area contributed by atoms with Crippen molar-refractivity contribution in [3.05, 3.63) is 30.1 Å². The predicted octanol–water partition coefficient (Wildman–Crippen LogP) is 1.16. The van der Waals surface area contributed by atoms with E-state index in [0.29, 0.717) is 18.2 Å². The maximum Gasteiger partial charge on any atom is 0.272 e. The van der Waals surface area contributed by atoms with Gasteiger partial charge in [0.15, 0.2) is 0 Å². The van der Waals surface area contributed by atoms with Gasteiger partial charge in [0.05, 0.1) is 0 Å². The van der Waals surface area contributed by atoms with Crippen LogP contribution in [0.25, 0.3) is 0 Å². The molecule has 0 spiro atoms. The Labute approximate surface area is 125 Å². The van der Waals surface area contributed by atoms with Gasteiger partial charge < -0.3 is 15.1 Å². The summed E-state index contributed by atoms with van der Waals surface area (Å²) in [6.07, 6.45) is 1.73. The average molecular weight is 289 g/mol. The van der Waals surface area contributed by atoms with Gasteiger partial charge in [-0.05, 0) is 19.5 Å². The number of aryl methyl sites for hydroxylation is 1. The fourth-order valence-electron chi connectivity index (χ4n) is 2.35. The van der Waals surface area contributed by atoms with E-state index in [0.717, 1.165) is 38.4 Å². The second-order valence-corrected chi connectivity index (χ2v) is 5.11. The number of piperazine rings is 1. The van der Waals surface area contributed by atoms with Gasteiger partial charge in [0.1, 0.15) is 5.69 Å². The van der Waals surface area contributed by atoms with E-state index in [4.69, 9.17) is 0 Å². The van der Waals surface area contributed by atoms with E-state index in [1.54, 1.807) is 12.1 Å². The minimum absolute atomic E-state index is 0.0158. The highest BCUT2D eigenvalue weighted by Gasteiger charge is 2.22. The van der Waals surface area contributed by atoms with Crippen LogP contribution in [0.3, 0.4) is 0 Å². The third-order valence-corrected chi connectivity index (χ3v) is 3.58. The van der Waals surface area contributed by atoms with Crippen LogP contribution in [0.15, 0.2) is 18.7 Å². The maximum absolute atomic E-state index is 12.5. The Morgan fingerprint density at radius 1 is 1.38 bits per heavy atom. The van der Waals surface area contributed by atoms with Crippen molar-refractivity contribution in [3.63, 3.8) is 0 Å². The first-order valence-corrected chi connectivity index (χ1v) is 7.36.